The van der Waals surface area contributed by atoms with E-state index in [1.165, 1.54) is 41.9 Å². The minimum absolute atomic E-state index is 0.00382. The summed E-state index contributed by atoms with van der Waals surface area (Å²) < 4.78 is 58.6. The molecule has 0 aliphatic heterocycles. The van der Waals surface area contributed by atoms with Crippen molar-refractivity contribution in [2.24, 2.45) is 63.7 Å². The number of carbonyl (C=O) groups is 4. The van der Waals surface area contributed by atoms with Crippen LogP contribution in [0.4, 0.5) is 17.1 Å². The van der Waals surface area contributed by atoms with Crippen LogP contribution in [0.5, 0.6) is 0 Å². The van der Waals surface area contributed by atoms with Gasteiger partial charge in [0.25, 0.3) is 11.1 Å². The minimum Gasteiger partial charge on any atom is -0.326 e. The summed E-state index contributed by atoms with van der Waals surface area (Å²) in [5.74, 6) is 9.22. The highest BCUT2D eigenvalue weighted by atomic mass is 127. The van der Waals surface area contributed by atoms with Crippen molar-refractivity contribution in [1.82, 2.24) is 37.4 Å². The van der Waals surface area contributed by atoms with Crippen LogP contribution in [-0.4, -0.2) is 89.2 Å². The van der Waals surface area contributed by atoms with Crippen LogP contribution in [0.25, 0.3) is 22.3 Å². The Morgan fingerprint density at radius 3 is 1.37 bits per heavy atom. The Bertz CT molecular complexity index is 4210. The average molecular weight is 1280 g/mol. The summed E-state index contributed by atoms with van der Waals surface area (Å²) in [6.07, 6.45) is 16.4. The number of Topliss-reactive ketones (excluding diaryl/α,β-unsaturated/α-hetero) is 1. The fourth-order valence-electron chi connectivity index (χ4n) is 9.50. The summed E-state index contributed by atoms with van der Waals surface area (Å²) in [5.41, 5.74) is 0.893. The summed E-state index contributed by atoms with van der Waals surface area (Å²) >= 11 is 2.19. The van der Waals surface area contributed by atoms with Gasteiger partial charge < -0.3 is 25.1 Å². The topological polar surface area (TPSA) is 296 Å². The van der Waals surface area contributed by atoms with Crippen LogP contribution in [0.2, 0.25) is 0 Å². The number of anilines is 3. The summed E-state index contributed by atoms with van der Waals surface area (Å²) in [5, 5.41) is 8.29. The molecule has 83 heavy (non-hydrogen) atoms. The number of terminal acetylenes is 1. The van der Waals surface area contributed by atoms with Crippen LogP contribution in [0.3, 0.4) is 0 Å². The number of nitrogens with zero attached hydrogens (tertiary/aromatic N) is 8. The van der Waals surface area contributed by atoms with Crippen LogP contribution in [0.1, 0.15) is 88.2 Å². The Labute approximate surface area is 490 Å². The molecule has 0 radical (unpaired) electrons. The molecule has 6 saturated carbocycles. The number of rotatable bonds is 17. The van der Waals surface area contributed by atoms with Gasteiger partial charge in [0.2, 0.25) is 47.7 Å². The molecular weight excluding hydrogens is 1220 g/mol. The van der Waals surface area contributed by atoms with E-state index < -0.39 is 42.2 Å². The van der Waals surface area contributed by atoms with E-state index in [-0.39, 0.29) is 123 Å². The first-order valence-corrected chi connectivity index (χ1v) is 31.9. The smallest absolute Gasteiger partial charge is 0.326 e. The molecule has 2 aromatic carbocycles. The SMILES string of the molecule is C#CCn1c(=O)n(C)c(=O)c2c1nc(S(=O)(=O)CC1CC1)n2C.Cn1c(=O)c2c(nc(S(=O)(=O)CC3CC3)n2C)n(CC#Cc2cc(CC(=O)C3CC3)cc(NC(=O)C3CC3)c2)c1=O.O=C(Nc1cc(I)cc(NC(=O)C2CC2)c1)C1CC1. The zero-order valence-corrected chi connectivity index (χ0v) is 50.0. The van der Waals surface area contributed by atoms with Gasteiger partial charge in [-0.05, 0) is 153 Å². The van der Waals surface area contributed by atoms with Crippen molar-refractivity contribution >= 4 is 105 Å². The number of benzene rings is 2. The lowest BCUT2D eigenvalue weighted by atomic mass is 10.0. The van der Waals surface area contributed by atoms with E-state index >= 15 is 0 Å². The van der Waals surface area contributed by atoms with Crippen molar-refractivity contribution in [3.8, 4) is 24.2 Å². The zero-order valence-electron chi connectivity index (χ0n) is 46.2. The maximum atomic E-state index is 13.1. The lowest BCUT2D eigenvalue weighted by Crippen LogP contribution is -2.38. The number of aromatic nitrogens is 8. The van der Waals surface area contributed by atoms with E-state index in [2.05, 4.69) is 66.3 Å². The van der Waals surface area contributed by atoms with Gasteiger partial charge in [0.15, 0.2) is 22.3 Å². The molecule has 12 rings (SSSR count). The number of hydrogen-bond donors (Lipinski definition) is 3. The molecule has 4 heterocycles. The summed E-state index contributed by atoms with van der Waals surface area (Å²) in [4.78, 5) is 107. The lowest BCUT2D eigenvalue weighted by Gasteiger charge is -2.09. The monoisotopic (exact) mass is 1280 g/mol. The maximum absolute atomic E-state index is 13.1. The van der Waals surface area contributed by atoms with Gasteiger partial charge in [-0.15, -0.1) is 6.42 Å². The Balaban J connectivity index is 0.000000154. The molecule has 3 amide bonds. The second-order valence-corrected chi connectivity index (χ2v) is 27.6. The summed E-state index contributed by atoms with van der Waals surface area (Å²) in [6.45, 7) is -0.250. The van der Waals surface area contributed by atoms with Crippen LogP contribution in [-0.2, 0) is 86.6 Å². The van der Waals surface area contributed by atoms with E-state index in [1.807, 2.05) is 18.2 Å². The van der Waals surface area contributed by atoms with E-state index in [4.69, 9.17) is 6.42 Å². The number of nitrogens with one attached hydrogen (secondary N) is 3. The fourth-order valence-corrected chi connectivity index (χ4v) is 13.8. The third-order valence-electron chi connectivity index (χ3n) is 15.2. The molecule has 6 fully saturated rings. The summed E-state index contributed by atoms with van der Waals surface area (Å²) in [6, 6.07) is 11.0. The molecule has 23 nitrogen and oxygen atoms in total. The molecule has 3 N–H and O–H groups in total. The normalized spacial score (nSPS) is 16.6. The number of amides is 3. The molecule has 6 aliphatic carbocycles. The number of fused-ring (bicyclic) bond motifs is 2. The third kappa shape index (κ3) is 13.7. The van der Waals surface area contributed by atoms with Gasteiger partial charge in [0.05, 0.1) is 24.6 Å². The van der Waals surface area contributed by atoms with Crippen LogP contribution >= 0.6 is 22.6 Å². The van der Waals surface area contributed by atoms with Crippen molar-refractivity contribution in [2.75, 3.05) is 27.5 Å². The molecule has 0 saturated heterocycles. The van der Waals surface area contributed by atoms with Gasteiger partial charge in [-0.2, -0.15) is 9.97 Å². The van der Waals surface area contributed by atoms with Crippen molar-refractivity contribution in [2.45, 2.75) is 107 Å². The van der Waals surface area contributed by atoms with Crippen LogP contribution in [0, 0.1) is 63.3 Å². The number of hydrogen-bond acceptors (Lipinski definition) is 14. The van der Waals surface area contributed by atoms with E-state index in [9.17, 15) is 55.2 Å². The molecule has 436 valence electrons. The molecular formula is C57H62IN11O12S2. The fraction of sp³-hybridized carbons (Fsp3) is 0.474. The molecule has 26 heteroatoms. The van der Waals surface area contributed by atoms with Gasteiger partial charge >= 0.3 is 11.4 Å². The Hall–Kier alpha value is -7.43. The number of carbonyl (C=O) groups excluding carboxylic acids is 4. The molecule has 0 bridgehead atoms. The number of halogens is 1. The predicted molar refractivity (Wildman–Crippen MR) is 317 cm³/mol. The Kier molecular flexibility index (Phi) is 16.5. The maximum Gasteiger partial charge on any atom is 0.333 e. The van der Waals surface area contributed by atoms with Gasteiger partial charge in [-0.3, -0.25) is 47.0 Å². The number of ketones is 1. The first kappa shape index (κ1) is 58.8. The standard InChI is InChI=1S/C29H31N5O6S.C14H15IN2O2.C14H16N4O4S/c1-32-24-25(31-28(32)41(39,40)16-17-5-6-17)34(29(38)33(2)27(24)37)11-3-4-18-12-19(15-23(35)20-7-8-20)14-22(13-18)30-26(36)21-9-10-21;15-10-5-11(16-13(18)8-1-2-8)7-12(6-10)17-14(19)9-3-4-9;1-4-7-18-11-10(12(19)17(3)14(18)20)16(2)13(15-11)23(21,22)8-9-5-6-9/h12-14,17,20-21H,5-11,15-16H2,1-2H3,(H,30,36);5-9H,1-4H2,(H,16,18)(H,17,19);1,9H,5-8H2,2-3H3. The largest absolute Gasteiger partial charge is 0.333 e. The van der Waals surface area contributed by atoms with Crippen LogP contribution < -0.4 is 38.4 Å². The van der Waals surface area contributed by atoms with Crippen molar-refractivity contribution in [3.63, 3.8) is 0 Å². The average Bonchev–Trinajstić information content (AvgIpc) is 2.30. The highest BCUT2D eigenvalue weighted by Crippen LogP contribution is 2.36. The van der Waals surface area contributed by atoms with Crippen molar-refractivity contribution in [3.05, 3.63) is 92.8 Å². The first-order chi connectivity index (χ1) is 39.4. The number of imidazole rings is 2. The molecule has 0 atom stereocenters. The van der Waals surface area contributed by atoms with Crippen molar-refractivity contribution in [1.29, 1.82) is 0 Å². The summed E-state index contributed by atoms with van der Waals surface area (Å²) in [7, 11) is -1.81. The molecule has 6 aliphatic rings. The zero-order chi connectivity index (χ0) is 59.4. The van der Waals surface area contributed by atoms with Gasteiger partial charge in [-0.25, -0.2) is 26.4 Å². The van der Waals surface area contributed by atoms with E-state index in [1.54, 1.807) is 18.2 Å². The minimum atomic E-state index is -3.76. The molecule has 4 aromatic heterocycles. The highest BCUT2D eigenvalue weighted by Gasteiger charge is 2.36. The quantitative estimate of drug-likeness (QED) is 0.0866. The molecule has 0 spiro atoms. The second kappa shape index (κ2) is 23.3. The number of sulfone groups is 2. The van der Waals surface area contributed by atoms with Gasteiger partial charge in [-0.1, -0.05) is 17.8 Å². The van der Waals surface area contributed by atoms with E-state index in [0.717, 1.165) is 111 Å². The lowest BCUT2D eigenvalue weighted by molar-refractivity contribution is -0.120. The molecule has 6 aromatic rings. The molecule has 0 unspecified atom stereocenters. The highest BCUT2D eigenvalue weighted by molar-refractivity contribution is 14.1. The van der Waals surface area contributed by atoms with Crippen molar-refractivity contribution < 1.29 is 36.0 Å². The second-order valence-electron chi connectivity index (χ2n) is 22.5. The predicted octanol–water partition coefficient (Wildman–Crippen LogP) is 3.78. The van der Waals surface area contributed by atoms with Gasteiger partial charge in [0.1, 0.15) is 5.78 Å². The Morgan fingerprint density at radius 2 is 0.976 bits per heavy atom. The van der Waals surface area contributed by atoms with Gasteiger partial charge in [0, 0.05) is 84.5 Å². The number of aryl methyl sites for hydroxylation is 2. The van der Waals surface area contributed by atoms with E-state index in [0.29, 0.717) is 11.3 Å². The third-order valence-corrected chi connectivity index (χ3v) is 19.4. The Morgan fingerprint density at radius 1 is 0.566 bits per heavy atom. The first-order valence-electron chi connectivity index (χ1n) is 27.5. The van der Waals surface area contributed by atoms with Crippen LogP contribution in [0.15, 0.2) is 65.9 Å².